The van der Waals surface area contributed by atoms with E-state index >= 15 is 0 Å². The van der Waals surface area contributed by atoms with Crippen molar-refractivity contribution in [2.24, 2.45) is 0 Å². The maximum Gasteiger partial charge on any atom is 0.410 e. The van der Waals surface area contributed by atoms with Gasteiger partial charge in [0, 0.05) is 32.8 Å². The van der Waals surface area contributed by atoms with Crippen molar-refractivity contribution in [1.29, 1.82) is 0 Å². The summed E-state index contributed by atoms with van der Waals surface area (Å²) >= 11 is 0. The second kappa shape index (κ2) is 11.0. The molecule has 32 heavy (non-hydrogen) atoms. The molecule has 2 saturated heterocycles. The number of nitrogens with one attached hydrogen (secondary N) is 1. The first-order valence-electron chi connectivity index (χ1n) is 11.4. The van der Waals surface area contributed by atoms with Gasteiger partial charge >= 0.3 is 6.09 Å². The summed E-state index contributed by atoms with van der Waals surface area (Å²) in [5, 5.41) is 2.80. The van der Waals surface area contributed by atoms with Gasteiger partial charge in [0.05, 0.1) is 24.6 Å². The number of aromatic nitrogens is 1. The Morgan fingerprint density at radius 2 is 1.97 bits per heavy atom. The SMILES string of the molecule is CC(OCC1CCCCO1)C(=O)Nc1ccc(N2CCN(C(=O)OC(C)(C)C)CC2)cn1. The molecular weight excluding hydrogens is 412 g/mol. The molecule has 2 atom stereocenters. The molecule has 2 unspecified atom stereocenters. The van der Waals surface area contributed by atoms with E-state index in [1.165, 1.54) is 0 Å². The number of hydrogen-bond donors (Lipinski definition) is 1. The van der Waals surface area contributed by atoms with Gasteiger partial charge in [-0.3, -0.25) is 4.79 Å². The smallest absolute Gasteiger partial charge is 0.410 e. The summed E-state index contributed by atoms with van der Waals surface area (Å²) in [5.74, 6) is 0.252. The van der Waals surface area contributed by atoms with Gasteiger partial charge in [0.25, 0.3) is 5.91 Å². The number of rotatable bonds is 6. The predicted octanol–water partition coefficient (Wildman–Crippen LogP) is 3.05. The molecule has 3 heterocycles. The molecule has 2 amide bonds. The molecule has 178 valence electrons. The van der Waals surface area contributed by atoms with Gasteiger partial charge in [0.15, 0.2) is 0 Å². The minimum Gasteiger partial charge on any atom is -0.444 e. The second-order valence-electron chi connectivity index (χ2n) is 9.31. The molecule has 0 spiro atoms. The van der Waals surface area contributed by atoms with Gasteiger partial charge in [0.2, 0.25) is 0 Å². The summed E-state index contributed by atoms with van der Waals surface area (Å²) in [6.45, 7) is 11.1. The third kappa shape index (κ3) is 7.34. The van der Waals surface area contributed by atoms with Crippen molar-refractivity contribution in [3.63, 3.8) is 0 Å². The van der Waals surface area contributed by atoms with E-state index in [9.17, 15) is 9.59 Å². The Kier molecular flexibility index (Phi) is 8.31. The number of pyridine rings is 1. The molecular formula is C23H36N4O5. The van der Waals surface area contributed by atoms with Gasteiger partial charge in [0.1, 0.15) is 17.5 Å². The van der Waals surface area contributed by atoms with Crippen LogP contribution in [0.1, 0.15) is 47.0 Å². The lowest BCUT2D eigenvalue weighted by atomic mass is 10.1. The van der Waals surface area contributed by atoms with Crippen LogP contribution >= 0.6 is 0 Å². The first-order chi connectivity index (χ1) is 15.2. The topological polar surface area (TPSA) is 93.2 Å². The average Bonchev–Trinajstić information content (AvgIpc) is 2.77. The van der Waals surface area contributed by atoms with Crippen LogP contribution in [0.25, 0.3) is 0 Å². The van der Waals surface area contributed by atoms with E-state index in [-0.39, 0.29) is 18.1 Å². The fraction of sp³-hybridized carbons (Fsp3) is 0.696. The zero-order valence-corrected chi connectivity index (χ0v) is 19.6. The normalized spacial score (nSPS) is 20.6. The third-order valence-corrected chi connectivity index (χ3v) is 5.47. The molecule has 1 aromatic heterocycles. The van der Waals surface area contributed by atoms with Crippen molar-refractivity contribution >= 4 is 23.5 Å². The van der Waals surface area contributed by atoms with E-state index in [1.807, 2.05) is 26.8 Å². The molecule has 2 aliphatic heterocycles. The van der Waals surface area contributed by atoms with E-state index in [1.54, 1.807) is 24.1 Å². The summed E-state index contributed by atoms with van der Waals surface area (Å²) < 4.78 is 16.8. The molecule has 2 fully saturated rings. The highest BCUT2D eigenvalue weighted by atomic mass is 16.6. The van der Waals surface area contributed by atoms with E-state index in [0.717, 1.165) is 31.6 Å². The minimum atomic E-state index is -0.581. The van der Waals surface area contributed by atoms with Crippen LogP contribution in [0.15, 0.2) is 18.3 Å². The van der Waals surface area contributed by atoms with E-state index in [4.69, 9.17) is 14.2 Å². The predicted molar refractivity (Wildman–Crippen MR) is 122 cm³/mol. The Bertz CT molecular complexity index is 751. The summed E-state index contributed by atoms with van der Waals surface area (Å²) in [7, 11) is 0. The molecule has 9 nitrogen and oxygen atoms in total. The Balaban J connectivity index is 1.42. The highest BCUT2D eigenvalue weighted by Gasteiger charge is 2.26. The summed E-state index contributed by atoms with van der Waals surface area (Å²) in [6, 6.07) is 3.71. The second-order valence-corrected chi connectivity index (χ2v) is 9.31. The van der Waals surface area contributed by atoms with Crippen LogP contribution < -0.4 is 10.2 Å². The van der Waals surface area contributed by atoms with Crippen molar-refractivity contribution in [3.05, 3.63) is 18.3 Å². The van der Waals surface area contributed by atoms with Gasteiger partial charge < -0.3 is 29.3 Å². The van der Waals surface area contributed by atoms with Crippen LogP contribution in [-0.4, -0.2) is 79.1 Å². The Labute approximate surface area is 190 Å². The van der Waals surface area contributed by atoms with Crippen LogP contribution in [0.3, 0.4) is 0 Å². The van der Waals surface area contributed by atoms with E-state index in [2.05, 4.69) is 15.2 Å². The number of carbonyl (C=O) groups excluding carboxylic acids is 2. The number of piperazine rings is 1. The quantitative estimate of drug-likeness (QED) is 0.715. The molecule has 0 saturated carbocycles. The van der Waals surface area contributed by atoms with Crippen LogP contribution in [0.5, 0.6) is 0 Å². The highest BCUT2D eigenvalue weighted by molar-refractivity contribution is 5.93. The van der Waals surface area contributed by atoms with E-state index in [0.29, 0.717) is 38.6 Å². The van der Waals surface area contributed by atoms with Gasteiger partial charge in [-0.15, -0.1) is 0 Å². The van der Waals surface area contributed by atoms with Crippen molar-refractivity contribution < 1.29 is 23.8 Å². The number of hydrogen-bond acceptors (Lipinski definition) is 7. The van der Waals surface area contributed by atoms with Gasteiger partial charge in [-0.05, 0) is 59.1 Å². The summed E-state index contributed by atoms with van der Waals surface area (Å²) in [4.78, 5) is 32.9. The van der Waals surface area contributed by atoms with Crippen molar-refractivity contribution in [1.82, 2.24) is 9.88 Å². The Morgan fingerprint density at radius 1 is 1.22 bits per heavy atom. The molecule has 0 aromatic carbocycles. The first-order valence-corrected chi connectivity index (χ1v) is 11.4. The number of amides is 2. The third-order valence-electron chi connectivity index (χ3n) is 5.47. The fourth-order valence-electron chi connectivity index (χ4n) is 3.61. The maximum absolute atomic E-state index is 12.4. The molecule has 1 aromatic rings. The van der Waals surface area contributed by atoms with Gasteiger partial charge in [-0.2, -0.15) is 0 Å². The van der Waals surface area contributed by atoms with Gasteiger partial charge in [-0.1, -0.05) is 0 Å². The van der Waals surface area contributed by atoms with Crippen molar-refractivity contribution in [3.8, 4) is 0 Å². The number of anilines is 2. The van der Waals surface area contributed by atoms with Crippen molar-refractivity contribution in [2.45, 2.75) is 64.8 Å². The lowest BCUT2D eigenvalue weighted by molar-refractivity contribution is -0.130. The Morgan fingerprint density at radius 3 is 2.56 bits per heavy atom. The summed E-state index contributed by atoms with van der Waals surface area (Å²) in [5.41, 5.74) is 0.454. The summed E-state index contributed by atoms with van der Waals surface area (Å²) in [6.07, 6.45) is 4.16. The largest absolute Gasteiger partial charge is 0.444 e. The van der Waals surface area contributed by atoms with Crippen molar-refractivity contribution in [2.75, 3.05) is 49.6 Å². The van der Waals surface area contributed by atoms with Crippen LogP contribution in [-0.2, 0) is 19.0 Å². The van der Waals surface area contributed by atoms with Crippen LogP contribution in [0, 0.1) is 0 Å². The zero-order chi connectivity index (χ0) is 23.1. The minimum absolute atomic E-state index is 0.0761. The maximum atomic E-state index is 12.4. The van der Waals surface area contributed by atoms with Gasteiger partial charge in [-0.25, -0.2) is 9.78 Å². The molecule has 0 radical (unpaired) electrons. The van der Waals surface area contributed by atoms with Crippen LogP contribution in [0.4, 0.5) is 16.3 Å². The molecule has 2 aliphatic rings. The standard InChI is InChI=1S/C23H36N4O5/c1-17(31-16-19-7-5-6-14-30-19)21(28)25-20-9-8-18(15-24-20)26-10-12-27(13-11-26)22(29)32-23(2,3)4/h8-9,15,17,19H,5-7,10-14,16H2,1-4H3,(H,24,25,28). The molecule has 0 aliphatic carbocycles. The molecule has 0 bridgehead atoms. The lowest BCUT2D eigenvalue weighted by Gasteiger charge is -2.36. The average molecular weight is 449 g/mol. The Hall–Kier alpha value is -2.39. The molecule has 3 rings (SSSR count). The number of carbonyl (C=O) groups is 2. The number of nitrogens with zero attached hydrogens (tertiary/aromatic N) is 3. The molecule has 9 heteroatoms. The molecule has 1 N–H and O–H groups in total. The first kappa shape index (κ1) is 24.3. The van der Waals surface area contributed by atoms with E-state index < -0.39 is 11.7 Å². The lowest BCUT2D eigenvalue weighted by Crippen LogP contribution is -2.50. The monoisotopic (exact) mass is 448 g/mol. The number of ether oxygens (including phenoxy) is 3. The highest BCUT2D eigenvalue weighted by Crippen LogP contribution is 2.19. The van der Waals surface area contributed by atoms with Crippen LogP contribution in [0.2, 0.25) is 0 Å². The fourth-order valence-corrected chi connectivity index (χ4v) is 3.61. The zero-order valence-electron chi connectivity index (χ0n) is 19.6.